The summed E-state index contributed by atoms with van der Waals surface area (Å²) in [6, 6.07) is 12.1. The molecule has 29 heavy (non-hydrogen) atoms. The lowest BCUT2D eigenvalue weighted by atomic mass is 10.1. The zero-order chi connectivity index (χ0) is 20.0. The zero-order valence-corrected chi connectivity index (χ0v) is 17.2. The third-order valence-corrected chi connectivity index (χ3v) is 6.33. The highest BCUT2D eigenvalue weighted by Gasteiger charge is 2.24. The second-order valence-corrected chi connectivity index (χ2v) is 8.22. The molecule has 148 valence electrons. The molecule has 2 aliphatic heterocycles. The summed E-state index contributed by atoms with van der Waals surface area (Å²) in [5, 5.41) is 2.80. The van der Waals surface area contributed by atoms with Crippen molar-refractivity contribution in [2.45, 2.75) is 19.0 Å². The highest BCUT2D eigenvalue weighted by molar-refractivity contribution is 8.03. The molecule has 5 rings (SSSR count). The van der Waals surface area contributed by atoms with Crippen molar-refractivity contribution in [2.75, 3.05) is 41.4 Å². The van der Waals surface area contributed by atoms with Crippen molar-refractivity contribution < 1.29 is 0 Å². The highest BCUT2D eigenvalue weighted by atomic mass is 32.2. The van der Waals surface area contributed by atoms with Gasteiger partial charge in [0.15, 0.2) is 5.16 Å². The Labute approximate surface area is 173 Å². The van der Waals surface area contributed by atoms with E-state index in [1.54, 1.807) is 6.07 Å². The van der Waals surface area contributed by atoms with Crippen molar-refractivity contribution in [3.8, 4) is 0 Å². The minimum absolute atomic E-state index is 0.0764. The minimum atomic E-state index is -0.0764. The van der Waals surface area contributed by atoms with Crippen LogP contribution < -0.4 is 20.8 Å². The molecule has 1 saturated heterocycles. The second-order valence-electron chi connectivity index (χ2n) is 7.21. The maximum Gasteiger partial charge on any atom is 0.275 e. The molecule has 0 atom stereocenters. The number of benzene rings is 1. The molecule has 1 aromatic carbocycles. The molecule has 2 aliphatic rings. The van der Waals surface area contributed by atoms with Crippen molar-refractivity contribution in [2.24, 2.45) is 0 Å². The van der Waals surface area contributed by atoms with E-state index in [0.717, 1.165) is 48.2 Å². The van der Waals surface area contributed by atoms with E-state index >= 15 is 0 Å². The summed E-state index contributed by atoms with van der Waals surface area (Å²) >= 11 is 1.49. The van der Waals surface area contributed by atoms with E-state index in [1.807, 2.05) is 26.0 Å². The average Bonchev–Trinajstić information content (AvgIpc) is 3.17. The van der Waals surface area contributed by atoms with Crippen LogP contribution in [0.2, 0.25) is 0 Å². The highest BCUT2D eigenvalue weighted by Crippen LogP contribution is 2.31. The van der Waals surface area contributed by atoms with E-state index in [4.69, 9.17) is 4.98 Å². The van der Waals surface area contributed by atoms with Crippen LogP contribution >= 0.6 is 11.8 Å². The molecule has 1 N–H and O–H groups in total. The van der Waals surface area contributed by atoms with Gasteiger partial charge in [-0.3, -0.25) is 15.2 Å². The Morgan fingerprint density at radius 3 is 2.62 bits per heavy atom. The van der Waals surface area contributed by atoms with Crippen molar-refractivity contribution >= 4 is 34.2 Å². The van der Waals surface area contributed by atoms with Gasteiger partial charge in [0.2, 0.25) is 0 Å². The number of aromatic nitrogens is 3. The fourth-order valence-corrected chi connectivity index (χ4v) is 4.68. The number of hydrogen-bond acceptors (Lipinski definition) is 7. The van der Waals surface area contributed by atoms with Crippen LogP contribution in [0.1, 0.15) is 12.6 Å². The van der Waals surface area contributed by atoms with Gasteiger partial charge in [0, 0.05) is 49.0 Å². The molecule has 3 aromatic rings. The average molecular weight is 407 g/mol. The molecule has 0 unspecified atom stereocenters. The standard InChI is InChI=1S/C21H22N6OS/c1-3-19-24-27-20(28)13-18(23-21(27)29-19)26-10-8-25(9-11-26)17-12-14(2)22-16-7-5-4-6-15(16)17/h3-7,12-13,24H,8-11H2,1-2H3/b19-3+. The summed E-state index contributed by atoms with van der Waals surface area (Å²) in [6.45, 7) is 7.37. The van der Waals surface area contributed by atoms with Crippen LogP contribution in [0.5, 0.6) is 0 Å². The van der Waals surface area contributed by atoms with Gasteiger partial charge in [-0.15, -0.1) is 0 Å². The maximum atomic E-state index is 12.5. The summed E-state index contributed by atoms with van der Waals surface area (Å²) in [5.74, 6) is 0.753. The fraction of sp³-hybridized carbons (Fsp3) is 0.286. The van der Waals surface area contributed by atoms with E-state index in [0.29, 0.717) is 5.16 Å². The van der Waals surface area contributed by atoms with Gasteiger partial charge in [-0.05, 0) is 37.7 Å². The monoisotopic (exact) mass is 406 g/mol. The lowest BCUT2D eigenvalue weighted by molar-refractivity contribution is 0.637. The molecule has 0 spiro atoms. The number of nitrogens with one attached hydrogen (secondary N) is 1. The first-order valence-electron chi connectivity index (χ1n) is 9.74. The van der Waals surface area contributed by atoms with Gasteiger partial charge >= 0.3 is 0 Å². The quantitative estimate of drug-likeness (QED) is 0.657. The molecule has 0 amide bonds. The number of thioether (sulfide) groups is 1. The number of hydrogen-bond donors (Lipinski definition) is 1. The summed E-state index contributed by atoms with van der Waals surface area (Å²) in [4.78, 5) is 26.5. The smallest absolute Gasteiger partial charge is 0.275 e. The van der Waals surface area contributed by atoms with Crippen molar-refractivity contribution in [1.82, 2.24) is 14.6 Å². The van der Waals surface area contributed by atoms with Crippen LogP contribution in [0.15, 0.2) is 57.5 Å². The number of anilines is 2. The number of nitrogens with zero attached hydrogens (tertiary/aromatic N) is 5. The van der Waals surface area contributed by atoms with Gasteiger partial charge in [0.1, 0.15) is 5.82 Å². The molecule has 1 fully saturated rings. The van der Waals surface area contributed by atoms with Crippen molar-refractivity contribution in [1.29, 1.82) is 0 Å². The van der Waals surface area contributed by atoms with Gasteiger partial charge in [-0.2, -0.15) is 4.68 Å². The Hall–Kier alpha value is -3.00. The van der Waals surface area contributed by atoms with Crippen LogP contribution in [0.4, 0.5) is 11.5 Å². The van der Waals surface area contributed by atoms with Crippen LogP contribution in [-0.4, -0.2) is 40.8 Å². The first-order chi connectivity index (χ1) is 14.1. The summed E-state index contributed by atoms with van der Waals surface area (Å²) in [5.41, 5.74) is 6.28. The number of rotatable bonds is 2. The fourth-order valence-electron chi connectivity index (χ4n) is 3.86. The van der Waals surface area contributed by atoms with Gasteiger partial charge in [0.05, 0.1) is 10.5 Å². The zero-order valence-electron chi connectivity index (χ0n) is 16.4. The lowest BCUT2D eigenvalue weighted by Gasteiger charge is -2.37. The molecule has 7 nitrogen and oxygen atoms in total. The van der Waals surface area contributed by atoms with E-state index in [-0.39, 0.29) is 5.56 Å². The van der Waals surface area contributed by atoms with Crippen LogP contribution in [0, 0.1) is 6.92 Å². The Bertz CT molecular complexity index is 1180. The third kappa shape index (κ3) is 3.23. The molecule has 0 radical (unpaired) electrons. The number of aryl methyl sites for hydroxylation is 1. The Balaban J connectivity index is 1.38. The largest absolute Gasteiger partial charge is 0.367 e. The molecule has 0 saturated carbocycles. The van der Waals surface area contributed by atoms with Gasteiger partial charge in [0.25, 0.3) is 5.56 Å². The third-order valence-electron chi connectivity index (χ3n) is 5.33. The first kappa shape index (κ1) is 18.1. The normalized spacial score (nSPS) is 17.7. The number of allylic oxidation sites excluding steroid dienone is 1. The summed E-state index contributed by atoms with van der Waals surface area (Å²) in [7, 11) is 0. The molecular formula is C21H22N6OS. The summed E-state index contributed by atoms with van der Waals surface area (Å²) in [6.07, 6.45) is 1.94. The number of pyridine rings is 1. The van der Waals surface area contributed by atoms with Crippen molar-refractivity contribution in [3.63, 3.8) is 0 Å². The molecule has 2 aromatic heterocycles. The van der Waals surface area contributed by atoms with E-state index < -0.39 is 0 Å². The van der Waals surface area contributed by atoms with Gasteiger partial charge < -0.3 is 9.80 Å². The maximum absolute atomic E-state index is 12.5. The lowest BCUT2D eigenvalue weighted by Crippen LogP contribution is -2.47. The number of fused-ring (bicyclic) bond motifs is 2. The SMILES string of the molecule is C/C=C1\Nn2c(nc(N3CCN(c4cc(C)nc5ccccc45)CC3)cc2=O)S1. The minimum Gasteiger partial charge on any atom is -0.367 e. The second kappa shape index (κ2) is 7.11. The van der Waals surface area contributed by atoms with Crippen molar-refractivity contribution in [3.05, 3.63) is 63.6 Å². The molecular weight excluding hydrogens is 384 g/mol. The summed E-state index contributed by atoms with van der Waals surface area (Å²) < 4.78 is 1.51. The van der Waals surface area contributed by atoms with E-state index in [1.165, 1.54) is 27.5 Å². The molecule has 4 heterocycles. The van der Waals surface area contributed by atoms with Crippen LogP contribution in [0.3, 0.4) is 0 Å². The number of piperazine rings is 1. The molecule has 8 heteroatoms. The van der Waals surface area contributed by atoms with Gasteiger partial charge in [-0.1, -0.05) is 24.3 Å². The molecule has 0 aliphatic carbocycles. The predicted molar refractivity (Wildman–Crippen MR) is 118 cm³/mol. The predicted octanol–water partition coefficient (Wildman–Crippen LogP) is 2.94. The van der Waals surface area contributed by atoms with Crippen LogP contribution in [0.25, 0.3) is 10.9 Å². The van der Waals surface area contributed by atoms with Gasteiger partial charge in [-0.25, -0.2) is 4.98 Å². The van der Waals surface area contributed by atoms with Crippen LogP contribution in [-0.2, 0) is 0 Å². The Morgan fingerprint density at radius 1 is 1.07 bits per heavy atom. The molecule has 0 bridgehead atoms. The first-order valence-corrected chi connectivity index (χ1v) is 10.6. The Morgan fingerprint density at radius 2 is 1.83 bits per heavy atom. The van der Waals surface area contributed by atoms with E-state index in [2.05, 4.69) is 44.5 Å². The number of para-hydroxylation sites is 1. The topological polar surface area (TPSA) is 66.3 Å². The van der Waals surface area contributed by atoms with E-state index in [9.17, 15) is 4.79 Å². The Kier molecular flexibility index (Phi) is 4.43.